The Hall–Kier alpha value is -1.40. The number of hydrogen-bond acceptors (Lipinski definition) is 3. The van der Waals surface area contributed by atoms with Gasteiger partial charge in [-0.15, -0.1) is 0 Å². The summed E-state index contributed by atoms with van der Waals surface area (Å²) in [5.41, 5.74) is 1.24. The predicted octanol–water partition coefficient (Wildman–Crippen LogP) is 3.38. The van der Waals surface area contributed by atoms with Crippen LogP contribution in [0, 0.1) is 11.8 Å². The minimum atomic E-state index is -3.17. The number of nitrogens with zero attached hydrogens (tertiary/aromatic N) is 1. The van der Waals surface area contributed by atoms with Gasteiger partial charge in [0.25, 0.3) is 0 Å². The Morgan fingerprint density at radius 3 is 2.37 bits per heavy atom. The highest BCUT2D eigenvalue weighted by Gasteiger charge is 2.31. The summed E-state index contributed by atoms with van der Waals surface area (Å²) in [6, 6.07) is 10.3. The van der Waals surface area contributed by atoms with Crippen LogP contribution in [0.25, 0.3) is 0 Å². The van der Waals surface area contributed by atoms with Crippen molar-refractivity contribution in [2.45, 2.75) is 52.4 Å². The Bertz CT molecular complexity index is 681. The van der Waals surface area contributed by atoms with Crippen molar-refractivity contribution in [3.05, 3.63) is 35.9 Å². The van der Waals surface area contributed by atoms with Gasteiger partial charge in [-0.2, -0.15) is 0 Å². The fourth-order valence-corrected chi connectivity index (χ4v) is 5.32. The van der Waals surface area contributed by atoms with E-state index in [0.717, 1.165) is 6.42 Å². The Morgan fingerprint density at radius 1 is 1.19 bits per heavy atom. The topological polar surface area (TPSA) is 66.5 Å². The largest absolute Gasteiger partial charge is 0.355 e. The van der Waals surface area contributed by atoms with Crippen LogP contribution in [-0.4, -0.2) is 44.0 Å². The number of rotatable bonds is 9. The van der Waals surface area contributed by atoms with Gasteiger partial charge < -0.3 is 5.32 Å². The van der Waals surface area contributed by atoms with Crippen molar-refractivity contribution in [3.8, 4) is 0 Å². The van der Waals surface area contributed by atoms with Crippen LogP contribution in [-0.2, 0) is 14.8 Å². The summed E-state index contributed by atoms with van der Waals surface area (Å²) in [4.78, 5) is 12.6. The van der Waals surface area contributed by atoms with Gasteiger partial charge in [-0.05, 0) is 30.7 Å². The molecule has 1 heterocycles. The molecule has 0 spiro atoms. The first-order chi connectivity index (χ1) is 12.8. The van der Waals surface area contributed by atoms with Crippen molar-refractivity contribution in [1.29, 1.82) is 0 Å². The van der Waals surface area contributed by atoms with Gasteiger partial charge in [0, 0.05) is 31.5 Å². The van der Waals surface area contributed by atoms with E-state index in [0.29, 0.717) is 44.8 Å². The molecule has 5 nitrogen and oxygen atoms in total. The van der Waals surface area contributed by atoms with Crippen molar-refractivity contribution in [1.82, 2.24) is 9.62 Å². The lowest BCUT2D eigenvalue weighted by molar-refractivity contribution is -0.126. The molecule has 1 aliphatic rings. The van der Waals surface area contributed by atoms with Crippen molar-refractivity contribution in [2.24, 2.45) is 11.8 Å². The Morgan fingerprint density at radius 2 is 1.81 bits per heavy atom. The van der Waals surface area contributed by atoms with Crippen LogP contribution in [0.1, 0.15) is 57.9 Å². The SMILES string of the molecule is CCCCS(=O)(=O)N1CCC(C(=O)NCC(c2ccccc2)C(C)C)CC1. The standard InChI is InChI=1S/C21H34N2O3S/c1-4-5-15-27(25,26)23-13-11-19(12-14-23)21(24)22-16-20(17(2)3)18-9-7-6-8-10-18/h6-10,17,19-20H,4-5,11-16H2,1-3H3,(H,22,24). The first-order valence-corrected chi connectivity index (χ1v) is 11.8. The molecule has 1 saturated heterocycles. The van der Waals surface area contributed by atoms with Crippen molar-refractivity contribution >= 4 is 15.9 Å². The molecule has 2 rings (SSSR count). The van der Waals surface area contributed by atoms with E-state index in [4.69, 9.17) is 0 Å². The molecule has 0 radical (unpaired) electrons. The van der Waals surface area contributed by atoms with Crippen molar-refractivity contribution in [3.63, 3.8) is 0 Å². The van der Waals surface area contributed by atoms with Gasteiger partial charge in [0.2, 0.25) is 15.9 Å². The van der Waals surface area contributed by atoms with Crippen LogP contribution < -0.4 is 5.32 Å². The van der Waals surface area contributed by atoms with Gasteiger partial charge in [-0.3, -0.25) is 4.79 Å². The zero-order chi connectivity index (χ0) is 19.9. The zero-order valence-electron chi connectivity index (χ0n) is 16.9. The number of nitrogens with one attached hydrogen (secondary N) is 1. The first kappa shape index (κ1) is 21.9. The van der Waals surface area contributed by atoms with Crippen LogP contribution in [0.4, 0.5) is 0 Å². The monoisotopic (exact) mass is 394 g/mol. The highest BCUT2D eigenvalue weighted by molar-refractivity contribution is 7.89. The predicted molar refractivity (Wildman–Crippen MR) is 110 cm³/mol. The quantitative estimate of drug-likeness (QED) is 0.698. The Kier molecular flexibility index (Phi) is 8.29. The molecule has 1 unspecified atom stereocenters. The maximum Gasteiger partial charge on any atom is 0.223 e. The summed E-state index contributed by atoms with van der Waals surface area (Å²) >= 11 is 0. The number of amides is 1. The van der Waals surface area contributed by atoms with E-state index in [1.807, 2.05) is 25.1 Å². The second-order valence-corrected chi connectivity index (χ2v) is 9.94. The van der Waals surface area contributed by atoms with Gasteiger partial charge in [0.15, 0.2) is 0 Å². The molecule has 1 atom stereocenters. The third kappa shape index (κ3) is 6.32. The van der Waals surface area contributed by atoms with Gasteiger partial charge >= 0.3 is 0 Å². The fourth-order valence-electron chi connectivity index (χ4n) is 3.65. The van der Waals surface area contributed by atoms with Crippen LogP contribution in [0.5, 0.6) is 0 Å². The second-order valence-electron chi connectivity index (χ2n) is 7.85. The normalized spacial score (nSPS) is 17.8. The number of carbonyl (C=O) groups excluding carboxylic acids is 1. The minimum absolute atomic E-state index is 0.0576. The number of piperidine rings is 1. The summed E-state index contributed by atoms with van der Waals surface area (Å²) in [5, 5.41) is 3.11. The molecule has 0 aliphatic carbocycles. The molecule has 1 aliphatic heterocycles. The molecule has 6 heteroatoms. The van der Waals surface area contributed by atoms with E-state index >= 15 is 0 Å². The molecule has 152 valence electrons. The Labute approximate surface area is 164 Å². The lowest BCUT2D eigenvalue weighted by Gasteiger charge is -2.31. The molecule has 1 aromatic carbocycles. The van der Waals surface area contributed by atoms with E-state index in [1.165, 1.54) is 5.56 Å². The van der Waals surface area contributed by atoms with Gasteiger partial charge in [0.05, 0.1) is 5.75 Å². The lowest BCUT2D eigenvalue weighted by Crippen LogP contribution is -2.44. The molecular weight excluding hydrogens is 360 g/mol. The molecule has 1 N–H and O–H groups in total. The highest BCUT2D eigenvalue weighted by Crippen LogP contribution is 2.25. The smallest absolute Gasteiger partial charge is 0.223 e. The zero-order valence-corrected chi connectivity index (χ0v) is 17.7. The fraction of sp³-hybridized carbons (Fsp3) is 0.667. The molecule has 0 saturated carbocycles. The van der Waals surface area contributed by atoms with Crippen LogP contribution in [0.3, 0.4) is 0 Å². The molecule has 27 heavy (non-hydrogen) atoms. The van der Waals surface area contributed by atoms with E-state index in [-0.39, 0.29) is 23.5 Å². The highest BCUT2D eigenvalue weighted by atomic mass is 32.2. The Balaban J connectivity index is 1.85. The third-order valence-corrected chi connectivity index (χ3v) is 7.46. The van der Waals surface area contributed by atoms with Gasteiger partial charge in [-0.25, -0.2) is 12.7 Å². The van der Waals surface area contributed by atoms with Crippen LogP contribution in [0.15, 0.2) is 30.3 Å². The van der Waals surface area contributed by atoms with Gasteiger partial charge in [0.1, 0.15) is 0 Å². The number of benzene rings is 1. The van der Waals surface area contributed by atoms with E-state index in [2.05, 4.69) is 31.3 Å². The summed E-state index contributed by atoms with van der Waals surface area (Å²) < 4.78 is 26.1. The molecule has 0 aromatic heterocycles. The molecule has 1 aromatic rings. The average Bonchev–Trinajstić information content (AvgIpc) is 2.67. The van der Waals surface area contributed by atoms with Crippen molar-refractivity contribution < 1.29 is 13.2 Å². The summed E-state index contributed by atoms with van der Waals surface area (Å²) in [5.74, 6) is 0.893. The third-order valence-electron chi connectivity index (χ3n) is 5.50. The number of sulfonamides is 1. The molecular formula is C21H34N2O3S. The number of carbonyl (C=O) groups is 1. The lowest BCUT2D eigenvalue weighted by atomic mass is 9.88. The van der Waals surface area contributed by atoms with E-state index in [9.17, 15) is 13.2 Å². The summed E-state index contributed by atoms with van der Waals surface area (Å²) in [6.07, 6.45) is 2.78. The summed E-state index contributed by atoms with van der Waals surface area (Å²) in [6.45, 7) is 7.86. The maximum atomic E-state index is 12.6. The van der Waals surface area contributed by atoms with Crippen LogP contribution >= 0.6 is 0 Å². The average molecular weight is 395 g/mol. The number of unbranched alkanes of at least 4 members (excludes halogenated alkanes) is 1. The number of hydrogen-bond donors (Lipinski definition) is 1. The first-order valence-electron chi connectivity index (χ1n) is 10.2. The van der Waals surface area contributed by atoms with Crippen molar-refractivity contribution in [2.75, 3.05) is 25.4 Å². The maximum absolute atomic E-state index is 12.6. The molecule has 1 fully saturated rings. The minimum Gasteiger partial charge on any atom is -0.355 e. The molecule has 1 amide bonds. The molecule has 0 bridgehead atoms. The van der Waals surface area contributed by atoms with Crippen LogP contribution in [0.2, 0.25) is 0 Å². The summed E-state index contributed by atoms with van der Waals surface area (Å²) in [7, 11) is -3.17. The van der Waals surface area contributed by atoms with E-state index in [1.54, 1.807) is 4.31 Å². The van der Waals surface area contributed by atoms with Gasteiger partial charge in [-0.1, -0.05) is 57.5 Å². The second kappa shape index (κ2) is 10.2. The van der Waals surface area contributed by atoms with E-state index < -0.39 is 10.0 Å².